The van der Waals surface area contributed by atoms with Crippen molar-refractivity contribution in [1.82, 2.24) is 4.90 Å². The Hall–Kier alpha value is -1.61. The van der Waals surface area contributed by atoms with Gasteiger partial charge in [-0.15, -0.1) is 0 Å². The molecule has 0 saturated carbocycles. The van der Waals surface area contributed by atoms with Gasteiger partial charge in [0, 0.05) is 19.2 Å². The zero-order chi connectivity index (χ0) is 19.8. The number of nitrogens with zero attached hydrogens (tertiary/aromatic N) is 1. The van der Waals surface area contributed by atoms with E-state index in [1.54, 1.807) is 0 Å². The number of likely N-dealkylation sites (N-methyl/N-ethyl adjacent to an activating group) is 1. The van der Waals surface area contributed by atoms with E-state index in [0.717, 1.165) is 19.5 Å². The molecule has 146 valence electrons. The number of likely N-dealkylation sites (tertiary alicyclic amines) is 1. The molecule has 0 amide bonds. The predicted molar refractivity (Wildman–Crippen MR) is 100 cm³/mol. The second-order valence-corrected chi connectivity index (χ2v) is 8.70. The van der Waals surface area contributed by atoms with Crippen LogP contribution in [0.4, 0.5) is 14.5 Å². The van der Waals surface area contributed by atoms with Crippen molar-refractivity contribution in [2.24, 2.45) is 0 Å². The van der Waals surface area contributed by atoms with E-state index in [1.807, 2.05) is 7.05 Å². The van der Waals surface area contributed by atoms with E-state index in [1.165, 1.54) is 18.2 Å². The van der Waals surface area contributed by atoms with E-state index in [2.05, 4.69) is 9.62 Å². The second kappa shape index (κ2) is 7.79. The molecule has 1 aliphatic heterocycles. The molecule has 3 rings (SSSR count). The molecule has 1 N–H and O–H groups in total. The van der Waals surface area contributed by atoms with Gasteiger partial charge in [0.1, 0.15) is 16.7 Å². The van der Waals surface area contributed by atoms with Gasteiger partial charge in [-0.3, -0.25) is 4.72 Å². The third kappa shape index (κ3) is 4.63. The zero-order valence-electron chi connectivity index (χ0n) is 14.2. The third-order valence-electron chi connectivity index (χ3n) is 4.09. The highest BCUT2D eigenvalue weighted by molar-refractivity contribution is 7.92. The van der Waals surface area contributed by atoms with Crippen molar-refractivity contribution >= 4 is 38.9 Å². The summed E-state index contributed by atoms with van der Waals surface area (Å²) in [5.74, 6) is -2.22. The molecule has 1 fully saturated rings. The van der Waals surface area contributed by atoms with Gasteiger partial charge >= 0.3 is 0 Å². The van der Waals surface area contributed by atoms with Crippen LogP contribution in [0, 0.1) is 11.6 Å². The van der Waals surface area contributed by atoms with E-state index < -0.39 is 31.6 Å². The summed E-state index contributed by atoms with van der Waals surface area (Å²) in [4.78, 5) is 1.54. The first-order valence-corrected chi connectivity index (χ1v) is 10.2. The Morgan fingerprint density at radius 3 is 2.52 bits per heavy atom. The summed E-state index contributed by atoms with van der Waals surface area (Å²) in [5, 5.41) is -0.0980. The number of nitrogens with one attached hydrogen (secondary N) is 1. The molecule has 0 radical (unpaired) electrons. The number of hydrogen-bond acceptors (Lipinski definition) is 4. The quantitative estimate of drug-likeness (QED) is 0.714. The van der Waals surface area contributed by atoms with E-state index in [-0.39, 0.29) is 11.8 Å². The lowest BCUT2D eigenvalue weighted by atomic mass is 10.3. The minimum absolute atomic E-state index is 0.0556. The summed E-state index contributed by atoms with van der Waals surface area (Å²) in [7, 11) is -2.27. The van der Waals surface area contributed by atoms with Crippen molar-refractivity contribution in [3.05, 3.63) is 52.0 Å². The molecular weight excluding hydrogens is 421 g/mol. The van der Waals surface area contributed by atoms with Crippen LogP contribution in [0.3, 0.4) is 0 Å². The van der Waals surface area contributed by atoms with Gasteiger partial charge in [-0.2, -0.15) is 0 Å². The molecule has 0 aromatic heterocycles. The summed E-state index contributed by atoms with van der Waals surface area (Å²) < 4.78 is 59.8. The second-order valence-electron chi connectivity index (χ2n) is 6.24. The fourth-order valence-electron chi connectivity index (χ4n) is 2.75. The first kappa shape index (κ1) is 20.1. The van der Waals surface area contributed by atoms with Crippen molar-refractivity contribution in [3.8, 4) is 5.75 Å². The maximum atomic E-state index is 13.4. The van der Waals surface area contributed by atoms with Crippen molar-refractivity contribution in [3.63, 3.8) is 0 Å². The van der Waals surface area contributed by atoms with Crippen LogP contribution in [-0.4, -0.2) is 39.6 Å². The van der Waals surface area contributed by atoms with Gasteiger partial charge in [0.25, 0.3) is 10.0 Å². The van der Waals surface area contributed by atoms with Crippen molar-refractivity contribution in [1.29, 1.82) is 0 Å². The fraction of sp³-hybridized carbons (Fsp3) is 0.294. The monoisotopic (exact) mass is 436 g/mol. The summed E-state index contributed by atoms with van der Waals surface area (Å²) in [6.07, 6.45) is 0.771. The molecule has 5 nitrogen and oxygen atoms in total. The van der Waals surface area contributed by atoms with E-state index >= 15 is 0 Å². The summed E-state index contributed by atoms with van der Waals surface area (Å²) in [5.41, 5.74) is 0.154. The molecule has 0 spiro atoms. The highest BCUT2D eigenvalue weighted by atomic mass is 35.5. The Kier molecular flexibility index (Phi) is 5.81. The van der Waals surface area contributed by atoms with Crippen LogP contribution in [0.15, 0.2) is 35.2 Å². The Morgan fingerprint density at radius 2 is 1.85 bits per heavy atom. The molecule has 1 saturated heterocycles. The smallest absolute Gasteiger partial charge is 0.263 e. The van der Waals surface area contributed by atoms with Gasteiger partial charge in [0.2, 0.25) is 0 Å². The highest BCUT2D eigenvalue weighted by Gasteiger charge is 2.24. The lowest BCUT2D eigenvalue weighted by molar-refractivity contribution is 0.208. The number of hydrogen-bond donors (Lipinski definition) is 1. The average molecular weight is 437 g/mol. The van der Waals surface area contributed by atoms with Crippen LogP contribution in [0.2, 0.25) is 10.0 Å². The number of halogens is 4. The normalized spacial score (nSPS) is 17.9. The van der Waals surface area contributed by atoms with Gasteiger partial charge < -0.3 is 9.64 Å². The molecule has 2 aromatic carbocycles. The molecule has 27 heavy (non-hydrogen) atoms. The largest absolute Gasteiger partial charge is 0.487 e. The van der Waals surface area contributed by atoms with E-state index in [0.29, 0.717) is 22.9 Å². The molecule has 0 unspecified atom stereocenters. The van der Waals surface area contributed by atoms with Crippen molar-refractivity contribution in [2.75, 3.05) is 24.9 Å². The summed E-state index contributed by atoms with van der Waals surface area (Å²) >= 11 is 11.9. The minimum Gasteiger partial charge on any atom is -0.487 e. The first-order valence-electron chi connectivity index (χ1n) is 7.98. The first-order chi connectivity index (χ1) is 12.7. The standard InChI is InChI=1S/C17H16Cl2F2N2O3S/c1-23-5-4-11(9-23)26-16-6-10(2-3-12(16)18)22-27(24,25)17-8-15(21)14(20)7-13(17)19/h2-3,6-8,11,22H,4-5,9H2,1H3/t11-/m1/s1. The summed E-state index contributed by atoms with van der Waals surface area (Å²) in [6.45, 7) is 1.62. The van der Waals surface area contributed by atoms with Crippen LogP contribution in [0.5, 0.6) is 5.75 Å². The Morgan fingerprint density at radius 1 is 1.15 bits per heavy atom. The number of rotatable bonds is 5. The number of benzene rings is 2. The maximum absolute atomic E-state index is 13.4. The van der Waals surface area contributed by atoms with Crippen LogP contribution in [0.25, 0.3) is 0 Å². The van der Waals surface area contributed by atoms with Crippen molar-refractivity contribution in [2.45, 2.75) is 17.4 Å². The van der Waals surface area contributed by atoms with E-state index in [9.17, 15) is 17.2 Å². The fourth-order valence-corrected chi connectivity index (χ4v) is 4.49. The number of sulfonamides is 1. The van der Waals surface area contributed by atoms with Gasteiger partial charge in [-0.25, -0.2) is 17.2 Å². The SMILES string of the molecule is CN1CC[C@@H](Oc2cc(NS(=O)(=O)c3cc(F)c(F)cc3Cl)ccc2Cl)C1. The molecule has 0 bridgehead atoms. The lowest BCUT2D eigenvalue weighted by Gasteiger charge is -2.16. The van der Waals surface area contributed by atoms with Gasteiger partial charge in [-0.1, -0.05) is 23.2 Å². The van der Waals surface area contributed by atoms with Gasteiger partial charge in [0.05, 0.1) is 15.7 Å². The van der Waals surface area contributed by atoms with Crippen LogP contribution >= 0.6 is 23.2 Å². The Bertz CT molecular complexity index is 973. The maximum Gasteiger partial charge on any atom is 0.263 e. The molecule has 1 heterocycles. The predicted octanol–water partition coefficient (Wildman–Crippen LogP) is 4.16. The molecule has 10 heteroatoms. The molecule has 2 aromatic rings. The minimum atomic E-state index is -4.24. The van der Waals surface area contributed by atoms with Crippen LogP contribution in [-0.2, 0) is 10.0 Å². The highest BCUT2D eigenvalue weighted by Crippen LogP contribution is 2.32. The molecule has 1 atom stereocenters. The molecular formula is C17H16Cl2F2N2O3S. The van der Waals surface area contributed by atoms with E-state index in [4.69, 9.17) is 27.9 Å². The third-order valence-corrected chi connectivity index (χ3v) is 6.25. The van der Waals surface area contributed by atoms with Crippen LogP contribution in [0.1, 0.15) is 6.42 Å². The Balaban J connectivity index is 1.85. The van der Waals surface area contributed by atoms with Gasteiger partial charge in [-0.05, 0) is 37.7 Å². The number of anilines is 1. The molecule has 1 aliphatic rings. The van der Waals surface area contributed by atoms with Crippen LogP contribution < -0.4 is 9.46 Å². The topological polar surface area (TPSA) is 58.6 Å². The molecule has 0 aliphatic carbocycles. The summed E-state index contributed by atoms with van der Waals surface area (Å²) in [6, 6.07) is 5.49. The zero-order valence-corrected chi connectivity index (χ0v) is 16.5. The lowest BCUT2D eigenvalue weighted by Crippen LogP contribution is -2.21. The number of ether oxygens (including phenoxy) is 1. The average Bonchev–Trinajstić information content (AvgIpc) is 2.98. The van der Waals surface area contributed by atoms with Gasteiger partial charge in [0.15, 0.2) is 11.6 Å². The Labute approximate surface area is 165 Å². The van der Waals surface area contributed by atoms with Crippen molar-refractivity contribution < 1.29 is 21.9 Å².